The highest BCUT2D eigenvalue weighted by Crippen LogP contribution is 2.55. The Kier molecular flexibility index (Phi) is 7.01. The molecule has 0 heterocycles. The number of thioether (sulfide) groups is 1. The smallest absolute Gasteiger partial charge is 0.263 e. The fourth-order valence-electron chi connectivity index (χ4n) is 5.81. The van der Waals surface area contributed by atoms with Crippen molar-refractivity contribution < 1.29 is 24.3 Å². The van der Waals surface area contributed by atoms with E-state index in [-0.39, 0.29) is 31.1 Å². The predicted octanol–water partition coefficient (Wildman–Crippen LogP) is 2.70. The van der Waals surface area contributed by atoms with Gasteiger partial charge in [0.25, 0.3) is 11.8 Å². The number of nitrogens with one attached hydrogen (secondary N) is 1. The molecule has 0 radical (unpaired) electrons. The largest absolute Gasteiger partial charge is 0.474 e. The van der Waals surface area contributed by atoms with Crippen molar-refractivity contribution in [2.24, 2.45) is 34.1 Å². The molecule has 4 N–H and O–H groups in total. The van der Waals surface area contributed by atoms with Gasteiger partial charge in [-0.2, -0.15) is 0 Å². The SMILES string of the molecule is C=C(SC1CCC1)/C(=N\OCC(=O)N[C@H]1C2CC3CC1C[C@](O)(C3)C2)OCC(C)(C)C(N)=O. The molecule has 0 aliphatic heterocycles. The van der Waals surface area contributed by atoms with E-state index in [4.69, 9.17) is 15.3 Å². The molecule has 0 saturated heterocycles. The Balaban J connectivity index is 1.31. The first-order valence-corrected chi connectivity index (χ1v) is 12.9. The number of rotatable bonds is 10. The third kappa shape index (κ3) is 5.67. The molecule has 4 bridgehead atoms. The maximum absolute atomic E-state index is 12.6. The molecule has 5 rings (SSSR count). The molecule has 0 aromatic carbocycles. The molecule has 0 aromatic rings. The van der Waals surface area contributed by atoms with Gasteiger partial charge in [-0.1, -0.05) is 13.0 Å². The third-order valence-corrected chi connectivity index (χ3v) is 9.01. The number of aliphatic hydroxyl groups is 1. The van der Waals surface area contributed by atoms with Crippen molar-refractivity contribution in [1.82, 2.24) is 5.32 Å². The summed E-state index contributed by atoms with van der Waals surface area (Å²) < 4.78 is 5.76. The van der Waals surface area contributed by atoms with Gasteiger partial charge in [-0.15, -0.1) is 11.8 Å². The fourth-order valence-corrected chi connectivity index (χ4v) is 6.98. The quantitative estimate of drug-likeness (QED) is 0.251. The van der Waals surface area contributed by atoms with E-state index in [0.29, 0.717) is 27.9 Å². The van der Waals surface area contributed by atoms with Crippen LogP contribution in [0, 0.1) is 23.2 Å². The number of oxime groups is 1. The van der Waals surface area contributed by atoms with Crippen molar-refractivity contribution in [3.63, 3.8) is 0 Å². The van der Waals surface area contributed by atoms with Gasteiger partial charge in [-0.3, -0.25) is 9.59 Å². The zero-order chi connectivity index (χ0) is 23.8. The summed E-state index contributed by atoms with van der Waals surface area (Å²) in [6.45, 7) is 7.27. The molecule has 33 heavy (non-hydrogen) atoms. The van der Waals surface area contributed by atoms with Gasteiger partial charge < -0.3 is 25.7 Å². The van der Waals surface area contributed by atoms with Gasteiger partial charge in [0, 0.05) is 11.3 Å². The van der Waals surface area contributed by atoms with E-state index >= 15 is 0 Å². The van der Waals surface area contributed by atoms with E-state index in [1.54, 1.807) is 25.6 Å². The Morgan fingerprint density at radius 2 is 1.91 bits per heavy atom. The highest BCUT2D eigenvalue weighted by Gasteiger charge is 2.55. The average molecular weight is 480 g/mol. The normalized spacial score (nSPS) is 33.4. The Bertz CT molecular complexity index is 809. The Labute approximate surface area is 200 Å². The van der Waals surface area contributed by atoms with Gasteiger partial charge in [0.15, 0.2) is 6.61 Å². The maximum Gasteiger partial charge on any atom is 0.263 e. The van der Waals surface area contributed by atoms with Crippen LogP contribution in [0.5, 0.6) is 0 Å². The lowest BCUT2D eigenvalue weighted by Gasteiger charge is -2.58. The van der Waals surface area contributed by atoms with Crippen LogP contribution in [0.15, 0.2) is 16.6 Å². The second kappa shape index (κ2) is 9.49. The molecule has 5 aliphatic rings. The van der Waals surface area contributed by atoms with Crippen LogP contribution in [0.1, 0.15) is 65.2 Å². The van der Waals surface area contributed by atoms with Gasteiger partial charge in [0.1, 0.15) is 6.61 Å². The van der Waals surface area contributed by atoms with E-state index in [0.717, 1.165) is 44.9 Å². The lowest BCUT2D eigenvalue weighted by molar-refractivity contribution is -0.148. The number of hydrogen-bond donors (Lipinski definition) is 3. The van der Waals surface area contributed by atoms with Crippen LogP contribution < -0.4 is 11.1 Å². The summed E-state index contributed by atoms with van der Waals surface area (Å²) in [5.74, 6) is 0.748. The van der Waals surface area contributed by atoms with Gasteiger partial charge in [-0.05, 0) is 81.7 Å². The van der Waals surface area contributed by atoms with Gasteiger partial charge >= 0.3 is 0 Å². The molecule has 2 amide bonds. The van der Waals surface area contributed by atoms with Crippen molar-refractivity contribution in [3.05, 3.63) is 11.5 Å². The molecule has 5 fully saturated rings. The summed E-state index contributed by atoms with van der Waals surface area (Å²) in [5, 5.41) is 18.4. The standard InChI is InChI=1S/C24H37N3O5S/c1-14(33-18-5-4-6-18)21(31-13-23(2,3)22(25)29)27-32-12-19(28)26-20-16-7-15-8-17(20)11-24(30,9-15)10-16/h15-18,20,30H,1,4-13H2,2-3H3,(H2,25,29)(H,26,28)/b27-21+/t15?,16?,17?,20-,24-. The first kappa shape index (κ1) is 24.4. The number of nitrogens with two attached hydrogens (primary N) is 1. The second-order valence-electron chi connectivity index (χ2n) is 11.1. The third-order valence-electron chi connectivity index (χ3n) is 7.75. The van der Waals surface area contributed by atoms with Crippen molar-refractivity contribution in [3.8, 4) is 0 Å². The number of nitrogens with zero attached hydrogens (tertiary/aromatic N) is 1. The van der Waals surface area contributed by atoms with Crippen LogP contribution in [-0.4, -0.2) is 52.9 Å². The minimum Gasteiger partial charge on any atom is -0.474 e. The molecular weight excluding hydrogens is 442 g/mol. The van der Waals surface area contributed by atoms with Crippen molar-refractivity contribution in [1.29, 1.82) is 0 Å². The molecule has 0 aromatic heterocycles. The van der Waals surface area contributed by atoms with Crippen molar-refractivity contribution >= 4 is 29.5 Å². The van der Waals surface area contributed by atoms with Gasteiger partial charge in [0.2, 0.25) is 5.91 Å². The average Bonchev–Trinajstić information content (AvgIpc) is 2.68. The number of ether oxygens (including phenoxy) is 1. The van der Waals surface area contributed by atoms with E-state index < -0.39 is 16.9 Å². The van der Waals surface area contributed by atoms with Gasteiger partial charge in [0.05, 0.1) is 15.9 Å². The summed E-state index contributed by atoms with van der Waals surface area (Å²) >= 11 is 1.59. The molecule has 9 heteroatoms. The lowest BCUT2D eigenvalue weighted by Crippen LogP contribution is -2.61. The van der Waals surface area contributed by atoms with Crippen LogP contribution in [0.25, 0.3) is 0 Å². The maximum atomic E-state index is 12.6. The van der Waals surface area contributed by atoms with Crippen LogP contribution >= 0.6 is 11.8 Å². The number of primary amides is 1. The summed E-state index contributed by atoms with van der Waals surface area (Å²) in [6, 6.07) is 0.0955. The summed E-state index contributed by atoms with van der Waals surface area (Å²) in [4.78, 5) is 30.2. The topological polar surface area (TPSA) is 123 Å². The Morgan fingerprint density at radius 1 is 1.24 bits per heavy atom. The van der Waals surface area contributed by atoms with E-state index in [9.17, 15) is 14.7 Å². The molecule has 5 aliphatic carbocycles. The Morgan fingerprint density at radius 3 is 2.45 bits per heavy atom. The minimum absolute atomic E-state index is 0.0382. The molecule has 0 spiro atoms. The summed E-state index contributed by atoms with van der Waals surface area (Å²) in [5.41, 5.74) is 4.05. The van der Waals surface area contributed by atoms with E-state index in [1.165, 1.54) is 6.42 Å². The van der Waals surface area contributed by atoms with Gasteiger partial charge in [-0.25, -0.2) is 0 Å². The Hall–Kier alpha value is -1.74. The van der Waals surface area contributed by atoms with Crippen LogP contribution in [0.3, 0.4) is 0 Å². The molecule has 8 nitrogen and oxygen atoms in total. The zero-order valence-electron chi connectivity index (χ0n) is 19.7. The monoisotopic (exact) mass is 479 g/mol. The first-order valence-electron chi connectivity index (χ1n) is 12.0. The van der Waals surface area contributed by atoms with Crippen LogP contribution in [-0.2, 0) is 19.2 Å². The van der Waals surface area contributed by atoms with Crippen LogP contribution in [0.4, 0.5) is 0 Å². The number of amides is 2. The highest BCUT2D eigenvalue weighted by atomic mass is 32.2. The van der Waals surface area contributed by atoms with Crippen LogP contribution in [0.2, 0.25) is 0 Å². The van der Waals surface area contributed by atoms with E-state index in [1.807, 2.05) is 0 Å². The first-order chi connectivity index (χ1) is 15.5. The second-order valence-corrected chi connectivity index (χ2v) is 12.5. The predicted molar refractivity (Wildman–Crippen MR) is 127 cm³/mol. The number of hydrogen-bond acceptors (Lipinski definition) is 7. The van der Waals surface area contributed by atoms with E-state index in [2.05, 4.69) is 17.1 Å². The number of carbonyl (C=O) groups excluding carboxylic acids is 2. The van der Waals surface area contributed by atoms with Crippen molar-refractivity contribution in [2.75, 3.05) is 13.2 Å². The zero-order valence-corrected chi connectivity index (χ0v) is 20.5. The number of carbonyl (C=O) groups is 2. The lowest BCUT2D eigenvalue weighted by atomic mass is 9.52. The minimum atomic E-state index is -0.872. The highest BCUT2D eigenvalue weighted by molar-refractivity contribution is 8.04. The molecule has 2 atom stereocenters. The molecule has 5 saturated carbocycles. The summed E-state index contributed by atoms with van der Waals surface area (Å²) in [7, 11) is 0. The fraction of sp³-hybridized carbons (Fsp3) is 0.792. The molecule has 2 unspecified atom stereocenters. The van der Waals surface area contributed by atoms with Crippen molar-refractivity contribution in [2.45, 2.75) is 82.1 Å². The summed E-state index contributed by atoms with van der Waals surface area (Å²) in [6.07, 6.45) is 8.05. The molecule has 184 valence electrons. The molecular formula is C24H37N3O5S.